The maximum atomic E-state index is 12.4. The number of aliphatic imine (C=N–C) groups is 1. The summed E-state index contributed by atoms with van der Waals surface area (Å²) >= 11 is 0. The number of hydrogen-bond donors (Lipinski definition) is 3. The van der Waals surface area contributed by atoms with Crippen LogP contribution in [-0.4, -0.2) is 40.1 Å². The van der Waals surface area contributed by atoms with Crippen molar-refractivity contribution in [2.45, 2.75) is 45.6 Å². The minimum absolute atomic E-state index is 0. The summed E-state index contributed by atoms with van der Waals surface area (Å²) in [6.45, 7) is 11.1. The van der Waals surface area contributed by atoms with Crippen molar-refractivity contribution in [3.63, 3.8) is 0 Å². The summed E-state index contributed by atoms with van der Waals surface area (Å²) in [6, 6.07) is 5.67. The number of guanidine groups is 1. The third kappa shape index (κ3) is 7.80. The highest BCUT2D eigenvalue weighted by Gasteiger charge is 2.16. The van der Waals surface area contributed by atoms with Crippen LogP contribution in [0.15, 0.2) is 28.1 Å². The summed E-state index contributed by atoms with van der Waals surface area (Å²) in [5.41, 5.74) is 1.66. The van der Waals surface area contributed by atoms with Crippen LogP contribution < -0.4 is 15.4 Å². The third-order valence-electron chi connectivity index (χ3n) is 3.08. The Bertz CT molecular complexity index is 645. The Balaban J connectivity index is 0.00000529. The molecule has 0 heterocycles. The van der Waals surface area contributed by atoms with Gasteiger partial charge in [-0.2, -0.15) is 0 Å². The molecule has 0 radical (unpaired) electrons. The summed E-state index contributed by atoms with van der Waals surface area (Å²) < 4.78 is 27.3. The van der Waals surface area contributed by atoms with Crippen LogP contribution in [0.3, 0.4) is 0 Å². The highest BCUT2D eigenvalue weighted by atomic mass is 127. The van der Waals surface area contributed by atoms with Gasteiger partial charge in [0.15, 0.2) is 5.96 Å². The maximum Gasteiger partial charge on any atom is 0.240 e. The summed E-state index contributed by atoms with van der Waals surface area (Å²) in [4.78, 5) is 4.69. The second kappa shape index (κ2) is 10.9. The van der Waals surface area contributed by atoms with E-state index in [0.717, 1.165) is 17.7 Å². The summed E-state index contributed by atoms with van der Waals surface area (Å²) in [6.07, 6.45) is 0. The normalized spacial score (nSPS) is 12.0. The fourth-order valence-corrected chi connectivity index (χ4v) is 3.36. The van der Waals surface area contributed by atoms with Crippen molar-refractivity contribution in [3.05, 3.63) is 29.3 Å². The smallest absolute Gasteiger partial charge is 0.240 e. The molecule has 3 N–H and O–H groups in total. The van der Waals surface area contributed by atoms with E-state index in [0.29, 0.717) is 17.4 Å². The van der Waals surface area contributed by atoms with Gasteiger partial charge < -0.3 is 10.6 Å². The van der Waals surface area contributed by atoms with Crippen LogP contribution in [0.25, 0.3) is 0 Å². The lowest BCUT2D eigenvalue weighted by Gasteiger charge is -2.14. The lowest BCUT2D eigenvalue weighted by atomic mass is 10.2. The van der Waals surface area contributed by atoms with Crippen LogP contribution in [0, 0.1) is 13.8 Å². The van der Waals surface area contributed by atoms with Crippen LogP contribution in [0.5, 0.6) is 0 Å². The van der Waals surface area contributed by atoms with Crippen LogP contribution in [0.2, 0.25) is 0 Å². The van der Waals surface area contributed by atoms with Crippen molar-refractivity contribution >= 4 is 40.0 Å². The van der Waals surface area contributed by atoms with Gasteiger partial charge in [-0.05, 0) is 51.8 Å². The van der Waals surface area contributed by atoms with Gasteiger partial charge in [0.25, 0.3) is 0 Å². The van der Waals surface area contributed by atoms with E-state index in [4.69, 9.17) is 0 Å². The first-order valence-corrected chi connectivity index (χ1v) is 9.36. The number of rotatable bonds is 7. The van der Waals surface area contributed by atoms with Crippen LogP contribution in [0.1, 0.15) is 31.9 Å². The predicted octanol–water partition coefficient (Wildman–Crippen LogP) is 2.16. The highest BCUT2D eigenvalue weighted by Crippen LogP contribution is 2.16. The van der Waals surface area contributed by atoms with Crippen LogP contribution in [0.4, 0.5) is 0 Å². The number of nitrogens with zero attached hydrogens (tertiary/aromatic N) is 1. The minimum Gasteiger partial charge on any atom is -0.357 e. The molecule has 0 fully saturated rings. The largest absolute Gasteiger partial charge is 0.357 e. The van der Waals surface area contributed by atoms with Gasteiger partial charge in [0.2, 0.25) is 10.0 Å². The van der Waals surface area contributed by atoms with Gasteiger partial charge in [-0.25, -0.2) is 13.1 Å². The molecule has 0 saturated carbocycles. The second-order valence-corrected chi connectivity index (χ2v) is 7.46. The number of halogens is 1. The quantitative estimate of drug-likeness (QED) is 0.248. The Labute approximate surface area is 163 Å². The molecule has 0 saturated heterocycles. The molecule has 1 aromatic rings. The standard InChI is InChI=1S/C16H28N4O2S.HI/c1-6-17-16(20-12(2)3)18-9-10-19-23(21,22)15-11-13(4)7-8-14(15)5;/h7-8,11-12,19H,6,9-10H2,1-5H3,(H2,17,18,20);1H. The van der Waals surface area contributed by atoms with Crippen LogP contribution in [-0.2, 0) is 10.0 Å². The molecule has 0 aliphatic carbocycles. The van der Waals surface area contributed by atoms with E-state index in [1.807, 2.05) is 39.8 Å². The molecule has 0 atom stereocenters. The Kier molecular flexibility index (Phi) is 10.5. The van der Waals surface area contributed by atoms with Gasteiger partial charge >= 0.3 is 0 Å². The number of sulfonamides is 1. The lowest BCUT2D eigenvalue weighted by molar-refractivity contribution is 0.581. The summed E-state index contributed by atoms with van der Waals surface area (Å²) in [5.74, 6) is 0.688. The van der Waals surface area contributed by atoms with Gasteiger partial charge in [0.1, 0.15) is 0 Å². The number of benzene rings is 1. The molecular weight excluding hydrogens is 439 g/mol. The molecule has 6 nitrogen and oxygen atoms in total. The Hall–Kier alpha value is -0.870. The fourth-order valence-electron chi connectivity index (χ4n) is 2.02. The zero-order chi connectivity index (χ0) is 17.5. The monoisotopic (exact) mass is 468 g/mol. The molecule has 0 spiro atoms. The molecule has 0 bridgehead atoms. The second-order valence-electron chi connectivity index (χ2n) is 5.73. The average molecular weight is 468 g/mol. The number of nitrogens with one attached hydrogen (secondary N) is 3. The zero-order valence-corrected chi connectivity index (χ0v) is 18.2. The zero-order valence-electron chi connectivity index (χ0n) is 15.0. The summed E-state index contributed by atoms with van der Waals surface area (Å²) in [5, 5.41) is 6.31. The molecule has 24 heavy (non-hydrogen) atoms. The molecular formula is C16H29IN4O2S. The first kappa shape index (κ1) is 23.1. The molecule has 0 aliphatic heterocycles. The predicted molar refractivity (Wildman–Crippen MR) is 111 cm³/mol. The van der Waals surface area contributed by atoms with Gasteiger partial charge in [-0.1, -0.05) is 12.1 Å². The molecule has 1 aromatic carbocycles. The van der Waals surface area contributed by atoms with E-state index in [1.54, 1.807) is 13.0 Å². The first-order valence-electron chi connectivity index (χ1n) is 7.88. The molecule has 0 aliphatic rings. The van der Waals surface area contributed by atoms with E-state index >= 15 is 0 Å². The molecule has 0 amide bonds. The summed E-state index contributed by atoms with van der Waals surface area (Å²) in [7, 11) is -3.51. The van der Waals surface area contributed by atoms with Crippen molar-refractivity contribution in [1.82, 2.24) is 15.4 Å². The molecule has 0 unspecified atom stereocenters. The van der Waals surface area contributed by atoms with Gasteiger partial charge in [0, 0.05) is 19.1 Å². The van der Waals surface area contributed by atoms with Crippen LogP contribution >= 0.6 is 24.0 Å². The Morgan fingerprint density at radius 3 is 2.50 bits per heavy atom. The van der Waals surface area contributed by atoms with Gasteiger partial charge in [0.05, 0.1) is 11.4 Å². The SMILES string of the molecule is CCNC(=NCCNS(=O)(=O)c1cc(C)ccc1C)NC(C)C.I. The van der Waals surface area contributed by atoms with Crippen molar-refractivity contribution in [1.29, 1.82) is 0 Å². The van der Waals surface area contributed by atoms with E-state index in [9.17, 15) is 8.42 Å². The van der Waals surface area contributed by atoms with Crippen molar-refractivity contribution in [2.24, 2.45) is 4.99 Å². The lowest BCUT2D eigenvalue weighted by Crippen LogP contribution is -2.41. The first-order chi connectivity index (χ1) is 10.8. The van der Waals surface area contributed by atoms with Gasteiger partial charge in [-0.3, -0.25) is 4.99 Å². The molecule has 1 rings (SSSR count). The third-order valence-corrected chi connectivity index (χ3v) is 4.68. The Morgan fingerprint density at radius 2 is 1.92 bits per heavy atom. The number of hydrogen-bond acceptors (Lipinski definition) is 3. The van der Waals surface area contributed by atoms with Gasteiger partial charge in [-0.15, -0.1) is 24.0 Å². The fraction of sp³-hybridized carbons (Fsp3) is 0.562. The minimum atomic E-state index is -3.51. The maximum absolute atomic E-state index is 12.4. The van der Waals surface area contributed by atoms with E-state index < -0.39 is 10.0 Å². The number of aryl methyl sites for hydroxylation is 2. The van der Waals surface area contributed by atoms with Crippen molar-refractivity contribution in [2.75, 3.05) is 19.6 Å². The molecule has 138 valence electrons. The van der Waals surface area contributed by atoms with E-state index in [1.165, 1.54) is 0 Å². The van der Waals surface area contributed by atoms with Crippen molar-refractivity contribution in [3.8, 4) is 0 Å². The van der Waals surface area contributed by atoms with E-state index in [-0.39, 0.29) is 36.6 Å². The van der Waals surface area contributed by atoms with E-state index in [2.05, 4.69) is 20.3 Å². The Morgan fingerprint density at radius 1 is 1.25 bits per heavy atom. The molecule has 8 heteroatoms. The topological polar surface area (TPSA) is 82.6 Å². The molecule has 0 aromatic heterocycles. The highest BCUT2D eigenvalue weighted by molar-refractivity contribution is 14.0. The van der Waals surface area contributed by atoms with Crippen molar-refractivity contribution < 1.29 is 8.42 Å². The average Bonchev–Trinajstić information content (AvgIpc) is 2.45.